The van der Waals surface area contributed by atoms with Gasteiger partial charge in [0.2, 0.25) is 0 Å². The molecule has 4 heteroatoms. The third kappa shape index (κ3) is 4.74. The summed E-state index contributed by atoms with van der Waals surface area (Å²) >= 11 is 0. The summed E-state index contributed by atoms with van der Waals surface area (Å²) in [4.78, 5) is 11.6. The molecule has 1 N–H and O–H groups in total. The summed E-state index contributed by atoms with van der Waals surface area (Å²) in [5, 5.41) is 9.50. The van der Waals surface area contributed by atoms with Gasteiger partial charge in [-0.1, -0.05) is 61.0 Å². The van der Waals surface area contributed by atoms with Gasteiger partial charge in [-0.05, 0) is 54.2 Å². The molecule has 0 saturated heterocycles. The van der Waals surface area contributed by atoms with E-state index in [-0.39, 0.29) is 0 Å². The molecule has 1 fully saturated rings. The van der Waals surface area contributed by atoms with E-state index in [1.54, 1.807) is 7.11 Å². The second kappa shape index (κ2) is 9.25. The predicted molar refractivity (Wildman–Crippen MR) is 122 cm³/mol. The van der Waals surface area contributed by atoms with Gasteiger partial charge in [-0.3, -0.25) is 4.79 Å². The minimum absolute atomic E-state index is 0.557. The van der Waals surface area contributed by atoms with Crippen molar-refractivity contribution in [2.75, 3.05) is 13.7 Å². The maximum atomic E-state index is 11.6. The van der Waals surface area contributed by atoms with E-state index in [0.717, 1.165) is 53.9 Å². The van der Waals surface area contributed by atoms with Crippen LogP contribution >= 0.6 is 0 Å². The average molecular weight is 417 g/mol. The Balaban J connectivity index is 1.30. The lowest BCUT2D eigenvalue weighted by molar-refractivity contribution is -0.154. The molecule has 31 heavy (non-hydrogen) atoms. The van der Waals surface area contributed by atoms with Gasteiger partial charge < -0.3 is 14.6 Å². The molecule has 0 spiro atoms. The van der Waals surface area contributed by atoms with Gasteiger partial charge in [-0.2, -0.15) is 0 Å². The van der Waals surface area contributed by atoms with E-state index in [9.17, 15) is 9.90 Å². The number of methoxy groups -OCH3 is 1. The second-order valence-corrected chi connectivity index (χ2v) is 8.26. The summed E-state index contributed by atoms with van der Waals surface area (Å²) in [7, 11) is 1.69. The Morgan fingerprint density at radius 3 is 2.23 bits per heavy atom. The Morgan fingerprint density at radius 2 is 1.61 bits per heavy atom. The van der Waals surface area contributed by atoms with Crippen LogP contribution in [0.3, 0.4) is 0 Å². The molecular weight excluding hydrogens is 388 g/mol. The van der Waals surface area contributed by atoms with E-state index in [4.69, 9.17) is 9.47 Å². The Morgan fingerprint density at radius 1 is 0.935 bits per heavy atom. The van der Waals surface area contributed by atoms with E-state index in [2.05, 4.69) is 30.3 Å². The smallest absolute Gasteiger partial charge is 0.309 e. The van der Waals surface area contributed by atoms with Crippen LogP contribution in [0.15, 0.2) is 72.8 Å². The number of aliphatic carboxylic acids is 1. The highest BCUT2D eigenvalue weighted by atomic mass is 16.5. The normalized spacial score (nSPS) is 14.5. The molecular formula is C27H28O4. The molecule has 0 atom stereocenters. The fourth-order valence-corrected chi connectivity index (χ4v) is 4.18. The highest BCUT2D eigenvalue weighted by molar-refractivity contribution is 5.76. The van der Waals surface area contributed by atoms with Crippen LogP contribution in [0.1, 0.15) is 30.4 Å². The second-order valence-electron chi connectivity index (χ2n) is 8.26. The molecule has 0 aromatic heterocycles. The van der Waals surface area contributed by atoms with Crippen molar-refractivity contribution in [2.24, 2.45) is 5.41 Å². The topological polar surface area (TPSA) is 55.8 Å². The van der Waals surface area contributed by atoms with Crippen LogP contribution in [0.25, 0.3) is 11.1 Å². The lowest BCUT2D eigenvalue weighted by Crippen LogP contribution is -2.39. The van der Waals surface area contributed by atoms with Crippen LogP contribution in [0.5, 0.6) is 11.5 Å². The molecule has 3 aromatic carbocycles. The van der Waals surface area contributed by atoms with Gasteiger partial charge in [0.15, 0.2) is 0 Å². The number of benzene rings is 3. The number of carbonyl (C=O) groups is 1. The van der Waals surface area contributed by atoms with Crippen LogP contribution in [-0.2, 0) is 17.6 Å². The number of rotatable bonds is 9. The molecule has 0 heterocycles. The summed E-state index contributed by atoms with van der Waals surface area (Å²) in [5.74, 6) is 1.01. The third-order valence-electron chi connectivity index (χ3n) is 6.26. The fourth-order valence-electron chi connectivity index (χ4n) is 4.18. The molecule has 160 valence electrons. The van der Waals surface area contributed by atoms with Crippen molar-refractivity contribution >= 4 is 5.97 Å². The zero-order valence-corrected chi connectivity index (χ0v) is 17.8. The van der Waals surface area contributed by atoms with Crippen LogP contribution in [-0.4, -0.2) is 24.8 Å². The van der Waals surface area contributed by atoms with E-state index in [1.807, 2.05) is 42.5 Å². The van der Waals surface area contributed by atoms with Gasteiger partial charge in [-0.25, -0.2) is 0 Å². The number of hydrogen-bond acceptors (Lipinski definition) is 3. The van der Waals surface area contributed by atoms with E-state index in [0.29, 0.717) is 13.0 Å². The van der Waals surface area contributed by atoms with E-state index in [1.165, 1.54) is 5.56 Å². The van der Waals surface area contributed by atoms with Crippen molar-refractivity contribution in [3.8, 4) is 22.6 Å². The van der Waals surface area contributed by atoms with Crippen LogP contribution in [0.4, 0.5) is 0 Å². The summed E-state index contributed by atoms with van der Waals surface area (Å²) < 4.78 is 11.3. The molecule has 1 aliphatic rings. The predicted octanol–water partition coefficient (Wildman–Crippen LogP) is 5.78. The zero-order chi connectivity index (χ0) is 21.7. The van der Waals surface area contributed by atoms with Gasteiger partial charge >= 0.3 is 5.97 Å². The summed E-state index contributed by atoms with van der Waals surface area (Å²) in [5.41, 5.74) is 3.92. The largest absolute Gasteiger partial charge is 0.496 e. The first-order valence-corrected chi connectivity index (χ1v) is 10.8. The standard InChI is InChI=1S/C27H28O4/c1-30-25-6-3-2-5-24(25)22-11-7-20(8-12-22)15-18-31-23-13-9-21(10-14-23)19-27(26(28)29)16-4-17-27/h2-3,5-14H,4,15-19H2,1H3,(H,28,29). The van der Waals surface area contributed by atoms with E-state index < -0.39 is 11.4 Å². The highest BCUT2D eigenvalue weighted by Crippen LogP contribution is 2.44. The zero-order valence-electron chi connectivity index (χ0n) is 17.8. The summed E-state index contributed by atoms with van der Waals surface area (Å²) in [6.45, 7) is 0.590. The lowest BCUT2D eigenvalue weighted by atomic mass is 9.65. The molecule has 0 unspecified atom stereocenters. The quantitative estimate of drug-likeness (QED) is 0.480. The van der Waals surface area contributed by atoms with Crippen LogP contribution in [0.2, 0.25) is 0 Å². The third-order valence-corrected chi connectivity index (χ3v) is 6.26. The first-order valence-electron chi connectivity index (χ1n) is 10.8. The average Bonchev–Trinajstić information content (AvgIpc) is 2.77. The molecule has 1 aliphatic carbocycles. The van der Waals surface area contributed by atoms with Crippen LogP contribution < -0.4 is 9.47 Å². The molecule has 0 bridgehead atoms. The minimum atomic E-state index is -0.671. The van der Waals surface area contributed by atoms with Gasteiger partial charge in [0.05, 0.1) is 19.1 Å². The van der Waals surface area contributed by atoms with Gasteiger partial charge in [-0.15, -0.1) is 0 Å². The molecule has 1 saturated carbocycles. The van der Waals surface area contributed by atoms with E-state index >= 15 is 0 Å². The maximum absolute atomic E-state index is 11.6. The first-order chi connectivity index (χ1) is 15.1. The van der Waals surface area contributed by atoms with Gasteiger partial charge in [0, 0.05) is 12.0 Å². The molecule has 0 radical (unpaired) electrons. The first kappa shape index (κ1) is 21.0. The van der Waals surface area contributed by atoms with Gasteiger partial charge in [0.1, 0.15) is 11.5 Å². The van der Waals surface area contributed by atoms with Crippen molar-refractivity contribution in [1.29, 1.82) is 0 Å². The molecule has 0 aliphatic heterocycles. The monoisotopic (exact) mass is 416 g/mol. The summed E-state index contributed by atoms with van der Waals surface area (Å²) in [6.07, 6.45) is 3.97. The Hall–Kier alpha value is -3.27. The number of ether oxygens (including phenoxy) is 2. The number of hydrogen-bond donors (Lipinski definition) is 1. The molecule has 4 nitrogen and oxygen atoms in total. The molecule has 3 aromatic rings. The minimum Gasteiger partial charge on any atom is -0.496 e. The number of carboxylic acid groups (broad SMARTS) is 1. The Bertz CT molecular complexity index is 1020. The van der Waals surface area contributed by atoms with Crippen molar-refractivity contribution in [2.45, 2.75) is 32.1 Å². The van der Waals surface area contributed by atoms with Crippen LogP contribution in [0, 0.1) is 5.41 Å². The maximum Gasteiger partial charge on any atom is 0.309 e. The molecule has 0 amide bonds. The lowest BCUT2D eigenvalue weighted by Gasteiger charge is -2.37. The number of carboxylic acids is 1. The highest BCUT2D eigenvalue weighted by Gasteiger charge is 2.44. The van der Waals surface area contributed by atoms with Crippen molar-refractivity contribution in [3.63, 3.8) is 0 Å². The molecule has 4 rings (SSSR count). The van der Waals surface area contributed by atoms with Crippen molar-refractivity contribution in [3.05, 3.63) is 83.9 Å². The SMILES string of the molecule is COc1ccccc1-c1ccc(CCOc2ccc(CC3(C(=O)O)CCC3)cc2)cc1. The van der Waals surface area contributed by atoms with Crippen molar-refractivity contribution in [1.82, 2.24) is 0 Å². The van der Waals surface area contributed by atoms with Crippen molar-refractivity contribution < 1.29 is 19.4 Å². The number of para-hydroxylation sites is 1. The van der Waals surface area contributed by atoms with Gasteiger partial charge in [0.25, 0.3) is 0 Å². The Kier molecular flexibility index (Phi) is 6.26. The Labute approximate surface area is 183 Å². The fraction of sp³-hybridized carbons (Fsp3) is 0.296. The summed E-state index contributed by atoms with van der Waals surface area (Å²) in [6, 6.07) is 24.3.